The van der Waals surface area contributed by atoms with Gasteiger partial charge in [-0.3, -0.25) is 0 Å². The molecule has 1 N–H and O–H groups in total. The van der Waals surface area contributed by atoms with Crippen LogP contribution in [-0.4, -0.2) is 12.1 Å². The predicted octanol–water partition coefficient (Wildman–Crippen LogP) is 1.54. The van der Waals surface area contributed by atoms with E-state index in [2.05, 4.69) is 19.2 Å². The Kier molecular flexibility index (Phi) is 1.57. The summed E-state index contributed by atoms with van der Waals surface area (Å²) in [6.07, 6.45) is 4.02. The molecular formula is C7H15N. The summed E-state index contributed by atoms with van der Waals surface area (Å²) in [4.78, 5) is 0. The molecule has 0 radical (unpaired) electrons. The summed E-state index contributed by atoms with van der Waals surface area (Å²) >= 11 is 0. The highest BCUT2D eigenvalue weighted by molar-refractivity contribution is 4.96. The summed E-state index contributed by atoms with van der Waals surface area (Å²) in [5.74, 6) is 0. The monoisotopic (exact) mass is 113 g/mol. The lowest BCUT2D eigenvalue weighted by molar-refractivity contribution is 0.536. The fourth-order valence-corrected chi connectivity index (χ4v) is 0.791. The van der Waals surface area contributed by atoms with E-state index in [-0.39, 0.29) is 0 Å². The van der Waals surface area contributed by atoms with Crippen molar-refractivity contribution in [3.8, 4) is 0 Å². The molecule has 0 aromatic heterocycles. The third kappa shape index (κ3) is 1.48. The van der Waals surface area contributed by atoms with Gasteiger partial charge in [0.05, 0.1) is 0 Å². The zero-order valence-corrected chi connectivity index (χ0v) is 5.83. The third-order valence-corrected chi connectivity index (χ3v) is 1.80. The van der Waals surface area contributed by atoms with E-state index in [1.165, 1.54) is 25.8 Å². The Morgan fingerprint density at radius 3 is 2.50 bits per heavy atom. The van der Waals surface area contributed by atoms with Crippen molar-refractivity contribution in [2.24, 2.45) is 0 Å². The van der Waals surface area contributed by atoms with E-state index in [1.54, 1.807) is 0 Å². The van der Waals surface area contributed by atoms with Gasteiger partial charge in [0.25, 0.3) is 0 Å². The number of hydrogen-bond acceptors (Lipinski definition) is 1. The summed E-state index contributed by atoms with van der Waals surface area (Å²) in [6, 6.07) is 0. The van der Waals surface area contributed by atoms with Crippen molar-refractivity contribution < 1.29 is 0 Å². The minimum atomic E-state index is 0.552. The first-order chi connectivity index (χ1) is 3.77. The normalized spacial score (nSPS) is 23.2. The average molecular weight is 113 g/mol. The molecule has 1 saturated carbocycles. The molecule has 0 bridgehead atoms. The lowest BCUT2D eigenvalue weighted by Gasteiger charge is -2.08. The van der Waals surface area contributed by atoms with Crippen molar-refractivity contribution in [1.82, 2.24) is 5.32 Å². The van der Waals surface area contributed by atoms with Crippen LogP contribution in [0, 0.1) is 0 Å². The molecule has 1 heteroatoms. The minimum Gasteiger partial charge on any atom is -0.312 e. The van der Waals surface area contributed by atoms with E-state index >= 15 is 0 Å². The van der Waals surface area contributed by atoms with Gasteiger partial charge < -0.3 is 5.32 Å². The Hall–Kier alpha value is -0.0400. The van der Waals surface area contributed by atoms with Crippen LogP contribution in [-0.2, 0) is 0 Å². The highest BCUT2D eigenvalue weighted by Crippen LogP contribution is 2.33. The van der Waals surface area contributed by atoms with Crippen LogP contribution < -0.4 is 5.32 Å². The van der Waals surface area contributed by atoms with E-state index in [1.807, 2.05) is 0 Å². The molecule has 1 aliphatic rings. The fraction of sp³-hybridized carbons (Fsp3) is 1.00. The van der Waals surface area contributed by atoms with E-state index in [9.17, 15) is 0 Å². The highest BCUT2D eigenvalue weighted by atomic mass is 15.0. The molecule has 0 heterocycles. The third-order valence-electron chi connectivity index (χ3n) is 1.80. The first-order valence-electron chi connectivity index (χ1n) is 3.52. The Morgan fingerprint density at radius 2 is 2.12 bits per heavy atom. The summed E-state index contributed by atoms with van der Waals surface area (Å²) in [5.41, 5.74) is 0.552. The van der Waals surface area contributed by atoms with Crippen molar-refractivity contribution >= 4 is 0 Å². The molecular weight excluding hydrogens is 98.1 g/mol. The highest BCUT2D eigenvalue weighted by Gasteiger charge is 2.35. The summed E-state index contributed by atoms with van der Waals surface area (Å²) in [6.45, 7) is 5.69. The quantitative estimate of drug-likeness (QED) is 0.585. The molecule has 0 unspecified atom stereocenters. The topological polar surface area (TPSA) is 12.0 Å². The maximum absolute atomic E-state index is 3.48. The molecule has 8 heavy (non-hydrogen) atoms. The summed E-state index contributed by atoms with van der Waals surface area (Å²) < 4.78 is 0. The summed E-state index contributed by atoms with van der Waals surface area (Å²) in [7, 11) is 0. The molecule has 1 aliphatic carbocycles. The molecule has 0 amide bonds. The van der Waals surface area contributed by atoms with E-state index in [0.717, 1.165) is 0 Å². The van der Waals surface area contributed by atoms with Crippen molar-refractivity contribution in [2.45, 2.75) is 38.6 Å². The second kappa shape index (κ2) is 2.06. The maximum atomic E-state index is 3.48. The molecule has 0 aliphatic heterocycles. The van der Waals surface area contributed by atoms with Crippen molar-refractivity contribution in [1.29, 1.82) is 0 Å². The molecule has 48 valence electrons. The van der Waals surface area contributed by atoms with Crippen LogP contribution in [0.5, 0.6) is 0 Å². The summed E-state index contributed by atoms with van der Waals surface area (Å²) in [5, 5.41) is 3.48. The van der Waals surface area contributed by atoms with E-state index in [0.29, 0.717) is 5.54 Å². The van der Waals surface area contributed by atoms with Crippen LogP contribution in [0.4, 0.5) is 0 Å². The van der Waals surface area contributed by atoms with E-state index in [4.69, 9.17) is 0 Å². The van der Waals surface area contributed by atoms with Gasteiger partial charge in [0.1, 0.15) is 0 Å². The molecule has 0 spiro atoms. The largest absolute Gasteiger partial charge is 0.312 e. The van der Waals surface area contributed by atoms with Gasteiger partial charge in [0, 0.05) is 5.54 Å². The smallest absolute Gasteiger partial charge is 0.0154 e. The molecule has 0 atom stereocenters. The molecule has 0 aromatic rings. The van der Waals surface area contributed by atoms with Crippen LogP contribution in [0.1, 0.15) is 33.1 Å². The van der Waals surface area contributed by atoms with Gasteiger partial charge in [-0.05, 0) is 32.7 Å². The van der Waals surface area contributed by atoms with E-state index < -0.39 is 0 Å². The average Bonchev–Trinajstić information content (AvgIpc) is 2.45. The Labute approximate surface area is 51.5 Å². The van der Waals surface area contributed by atoms with Gasteiger partial charge in [0.15, 0.2) is 0 Å². The number of nitrogens with one attached hydrogen (secondary N) is 1. The first kappa shape index (κ1) is 6.09. The van der Waals surface area contributed by atoms with Gasteiger partial charge in [-0.2, -0.15) is 0 Å². The maximum Gasteiger partial charge on any atom is 0.0154 e. The predicted molar refractivity (Wildman–Crippen MR) is 35.9 cm³/mol. The van der Waals surface area contributed by atoms with Crippen molar-refractivity contribution in [2.75, 3.05) is 6.54 Å². The minimum absolute atomic E-state index is 0.552. The Balaban J connectivity index is 2.01. The first-order valence-corrected chi connectivity index (χ1v) is 3.52. The van der Waals surface area contributed by atoms with Crippen LogP contribution in [0.15, 0.2) is 0 Å². The second-order valence-corrected chi connectivity index (χ2v) is 2.99. The molecule has 0 aromatic carbocycles. The van der Waals surface area contributed by atoms with Gasteiger partial charge in [-0.15, -0.1) is 0 Å². The number of hydrogen-bond donors (Lipinski definition) is 1. The number of rotatable bonds is 3. The van der Waals surface area contributed by atoms with Gasteiger partial charge in [-0.25, -0.2) is 0 Å². The molecule has 1 fully saturated rings. The zero-order chi connectivity index (χ0) is 6.04. The standard InChI is InChI=1S/C7H15N/c1-3-6-8-7(2)4-5-7/h8H,3-6H2,1-2H3. The molecule has 1 nitrogen and oxygen atoms in total. The Morgan fingerprint density at radius 1 is 1.50 bits per heavy atom. The van der Waals surface area contributed by atoms with Gasteiger partial charge >= 0.3 is 0 Å². The van der Waals surface area contributed by atoms with Gasteiger partial charge in [0.2, 0.25) is 0 Å². The van der Waals surface area contributed by atoms with Gasteiger partial charge in [-0.1, -0.05) is 6.92 Å². The van der Waals surface area contributed by atoms with Crippen molar-refractivity contribution in [3.63, 3.8) is 0 Å². The van der Waals surface area contributed by atoms with Crippen LogP contribution >= 0.6 is 0 Å². The fourth-order valence-electron chi connectivity index (χ4n) is 0.791. The zero-order valence-electron chi connectivity index (χ0n) is 5.83. The SMILES string of the molecule is CCCNC1(C)CC1. The van der Waals surface area contributed by atoms with Crippen LogP contribution in [0.25, 0.3) is 0 Å². The van der Waals surface area contributed by atoms with Crippen LogP contribution in [0.3, 0.4) is 0 Å². The van der Waals surface area contributed by atoms with Crippen molar-refractivity contribution in [3.05, 3.63) is 0 Å². The second-order valence-electron chi connectivity index (χ2n) is 2.99. The molecule has 0 saturated heterocycles. The lowest BCUT2D eigenvalue weighted by atomic mass is 10.3. The lowest BCUT2D eigenvalue weighted by Crippen LogP contribution is -2.28. The van der Waals surface area contributed by atoms with Crippen LogP contribution in [0.2, 0.25) is 0 Å². The molecule has 1 rings (SSSR count). The Bertz CT molecular complexity index is 74.5.